The number of halogens is 2. The summed E-state index contributed by atoms with van der Waals surface area (Å²) in [5.41, 5.74) is -0.925. The minimum atomic E-state index is -2.19. The Morgan fingerprint density at radius 2 is 1.59 bits per heavy atom. The molecule has 0 aromatic heterocycles. The summed E-state index contributed by atoms with van der Waals surface area (Å²) in [6.45, 7) is 4.62. The van der Waals surface area contributed by atoms with E-state index in [1.807, 2.05) is 0 Å². The second kappa shape index (κ2) is 4.73. The molecule has 0 fully saturated rings. The molecule has 1 aromatic carbocycles. The number of benzene rings is 1. The first-order valence-electron chi connectivity index (χ1n) is 5.21. The van der Waals surface area contributed by atoms with Gasteiger partial charge in [-0.05, 0) is 24.3 Å². The van der Waals surface area contributed by atoms with E-state index in [9.17, 15) is 18.4 Å². The predicted octanol–water partition coefficient (Wildman–Crippen LogP) is 2.96. The lowest BCUT2D eigenvalue weighted by atomic mass is 9.86. The third-order valence-electron chi connectivity index (χ3n) is 2.33. The molecule has 0 radical (unpaired) electrons. The Labute approximate surface area is 98.6 Å². The van der Waals surface area contributed by atoms with Gasteiger partial charge >= 0.3 is 0 Å². The van der Waals surface area contributed by atoms with E-state index in [-0.39, 0.29) is 5.56 Å². The van der Waals surface area contributed by atoms with Crippen LogP contribution in [-0.2, 0) is 4.79 Å². The summed E-state index contributed by atoms with van der Waals surface area (Å²) in [5, 5.41) is 0. The summed E-state index contributed by atoms with van der Waals surface area (Å²) in [7, 11) is 0. The largest absolute Gasteiger partial charge is 0.295 e. The molecular formula is C13H14F2O2. The monoisotopic (exact) mass is 240 g/mol. The van der Waals surface area contributed by atoms with Crippen LogP contribution in [0.4, 0.5) is 8.78 Å². The van der Waals surface area contributed by atoms with Crippen molar-refractivity contribution in [3.05, 3.63) is 35.6 Å². The molecule has 0 saturated heterocycles. The Morgan fingerprint density at radius 3 is 2.00 bits per heavy atom. The molecule has 0 aliphatic carbocycles. The summed E-state index contributed by atoms with van der Waals surface area (Å²) < 4.78 is 26.3. The molecule has 0 bridgehead atoms. The van der Waals surface area contributed by atoms with E-state index >= 15 is 0 Å². The average molecular weight is 240 g/mol. The summed E-state index contributed by atoms with van der Waals surface area (Å²) in [4.78, 5) is 23.2. The Balaban J connectivity index is 2.91. The van der Waals surface area contributed by atoms with Crippen LogP contribution in [0.5, 0.6) is 0 Å². The Hall–Kier alpha value is -1.58. The van der Waals surface area contributed by atoms with Crippen LogP contribution in [0.15, 0.2) is 24.3 Å². The minimum Gasteiger partial charge on any atom is -0.295 e. The van der Waals surface area contributed by atoms with Gasteiger partial charge in [-0.2, -0.15) is 0 Å². The molecule has 1 rings (SSSR count). The number of carbonyl (C=O) groups excluding carboxylic acids is 2. The van der Waals surface area contributed by atoms with Crippen LogP contribution in [-0.4, -0.2) is 17.7 Å². The van der Waals surface area contributed by atoms with Gasteiger partial charge in [0.1, 0.15) is 5.82 Å². The van der Waals surface area contributed by atoms with Crippen molar-refractivity contribution in [3.8, 4) is 0 Å². The molecule has 0 saturated carbocycles. The maximum atomic E-state index is 13.7. The number of hydrogen-bond donors (Lipinski definition) is 0. The molecule has 1 aromatic rings. The quantitative estimate of drug-likeness (QED) is 0.601. The Morgan fingerprint density at radius 1 is 1.12 bits per heavy atom. The molecule has 1 unspecified atom stereocenters. The van der Waals surface area contributed by atoms with Gasteiger partial charge in [-0.25, -0.2) is 8.78 Å². The lowest BCUT2D eigenvalue weighted by molar-refractivity contribution is -0.129. The van der Waals surface area contributed by atoms with Crippen molar-refractivity contribution in [2.45, 2.75) is 26.9 Å². The van der Waals surface area contributed by atoms with Gasteiger partial charge in [0.05, 0.1) is 0 Å². The van der Waals surface area contributed by atoms with E-state index in [0.29, 0.717) is 0 Å². The first kappa shape index (κ1) is 13.5. The lowest BCUT2D eigenvalue weighted by Crippen LogP contribution is -2.35. The van der Waals surface area contributed by atoms with Crippen LogP contribution in [0.1, 0.15) is 31.1 Å². The Kier molecular flexibility index (Phi) is 3.76. The van der Waals surface area contributed by atoms with E-state index in [4.69, 9.17) is 0 Å². The number of alkyl halides is 1. The van der Waals surface area contributed by atoms with E-state index in [1.54, 1.807) is 20.8 Å². The zero-order valence-electron chi connectivity index (χ0n) is 9.96. The van der Waals surface area contributed by atoms with E-state index in [2.05, 4.69) is 0 Å². The molecule has 17 heavy (non-hydrogen) atoms. The van der Waals surface area contributed by atoms with E-state index in [0.717, 1.165) is 12.1 Å². The highest BCUT2D eigenvalue weighted by atomic mass is 19.1. The van der Waals surface area contributed by atoms with Crippen LogP contribution >= 0.6 is 0 Å². The lowest BCUT2D eigenvalue weighted by Gasteiger charge is -2.18. The van der Waals surface area contributed by atoms with Gasteiger partial charge in [0.2, 0.25) is 12.0 Å². The molecule has 0 spiro atoms. The maximum Gasteiger partial charge on any atom is 0.221 e. The molecule has 0 amide bonds. The van der Waals surface area contributed by atoms with Crippen molar-refractivity contribution >= 4 is 11.6 Å². The number of rotatable bonds is 3. The number of ketones is 2. The normalized spacial score (nSPS) is 13.2. The zero-order chi connectivity index (χ0) is 13.2. The average Bonchev–Trinajstić information content (AvgIpc) is 2.26. The van der Waals surface area contributed by atoms with Gasteiger partial charge < -0.3 is 0 Å². The molecule has 4 heteroatoms. The fourth-order valence-corrected chi connectivity index (χ4v) is 1.26. The molecule has 1 atom stereocenters. The van der Waals surface area contributed by atoms with Gasteiger partial charge in [-0.3, -0.25) is 9.59 Å². The SMILES string of the molecule is CC(C)(C)C(=O)C(F)C(=O)c1ccc(F)cc1. The van der Waals surface area contributed by atoms with Crippen molar-refractivity contribution in [2.75, 3.05) is 0 Å². The van der Waals surface area contributed by atoms with Crippen LogP contribution in [0.25, 0.3) is 0 Å². The molecule has 0 heterocycles. The third-order valence-corrected chi connectivity index (χ3v) is 2.33. The van der Waals surface area contributed by atoms with Crippen molar-refractivity contribution in [1.82, 2.24) is 0 Å². The van der Waals surface area contributed by atoms with Gasteiger partial charge in [-0.1, -0.05) is 20.8 Å². The highest BCUT2D eigenvalue weighted by Crippen LogP contribution is 2.21. The minimum absolute atomic E-state index is 0.00324. The van der Waals surface area contributed by atoms with Crippen LogP contribution in [0, 0.1) is 11.2 Å². The third kappa shape index (κ3) is 3.19. The summed E-state index contributed by atoms with van der Waals surface area (Å²) in [6.07, 6.45) is -2.19. The Bertz CT molecular complexity index is 430. The molecule has 0 N–H and O–H groups in total. The van der Waals surface area contributed by atoms with Gasteiger partial charge in [-0.15, -0.1) is 0 Å². The van der Waals surface area contributed by atoms with Crippen molar-refractivity contribution in [3.63, 3.8) is 0 Å². The summed E-state index contributed by atoms with van der Waals surface area (Å²) >= 11 is 0. The highest BCUT2D eigenvalue weighted by Gasteiger charge is 2.34. The fourth-order valence-electron chi connectivity index (χ4n) is 1.26. The first-order valence-corrected chi connectivity index (χ1v) is 5.21. The van der Waals surface area contributed by atoms with Crippen LogP contribution < -0.4 is 0 Å². The van der Waals surface area contributed by atoms with Gasteiger partial charge in [0, 0.05) is 11.0 Å². The smallest absolute Gasteiger partial charge is 0.221 e. The molecule has 2 nitrogen and oxygen atoms in total. The highest BCUT2D eigenvalue weighted by molar-refractivity contribution is 6.14. The van der Waals surface area contributed by atoms with Gasteiger partial charge in [0.15, 0.2) is 5.78 Å². The zero-order valence-corrected chi connectivity index (χ0v) is 9.96. The van der Waals surface area contributed by atoms with Gasteiger partial charge in [0.25, 0.3) is 0 Å². The topological polar surface area (TPSA) is 34.1 Å². The number of carbonyl (C=O) groups is 2. The maximum absolute atomic E-state index is 13.7. The molecular weight excluding hydrogens is 226 g/mol. The van der Waals surface area contributed by atoms with E-state index < -0.39 is 29.0 Å². The van der Waals surface area contributed by atoms with Crippen LogP contribution in [0.2, 0.25) is 0 Å². The summed E-state index contributed by atoms with van der Waals surface area (Å²) in [6, 6.07) is 4.45. The number of Topliss-reactive ketones (excluding diaryl/α,β-unsaturated/α-hetero) is 2. The van der Waals surface area contributed by atoms with Crippen molar-refractivity contribution < 1.29 is 18.4 Å². The molecule has 0 aliphatic heterocycles. The van der Waals surface area contributed by atoms with E-state index in [1.165, 1.54) is 12.1 Å². The molecule has 0 aliphatic rings. The standard InChI is InChI=1S/C13H14F2O2/c1-13(2,3)12(17)10(15)11(16)8-4-6-9(14)7-5-8/h4-7,10H,1-3H3. The first-order chi connectivity index (χ1) is 7.73. The summed E-state index contributed by atoms with van der Waals surface area (Å²) in [5.74, 6) is -2.21. The fraction of sp³-hybridized carbons (Fsp3) is 0.385. The predicted molar refractivity (Wildman–Crippen MR) is 60.1 cm³/mol. The number of hydrogen-bond acceptors (Lipinski definition) is 2. The van der Waals surface area contributed by atoms with Crippen molar-refractivity contribution in [2.24, 2.45) is 5.41 Å². The van der Waals surface area contributed by atoms with Crippen LogP contribution in [0.3, 0.4) is 0 Å². The molecule has 92 valence electrons. The second-order valence-electron chi connectivity index (χ2n) is 4.85. The second-order valence-corrected chi connectivity index (χ2v) is 4.85. The van der Waals surface area contributed by atoms with Crippen molar-refractivity contribution in [1.29, 1.82) is 0 Å².